The minimum absolute atomic E-state index is 0.0457. The molecule has 32 heavy (non-hydrogen) atoms. The largest absolute Gasteiger partial charge is 0.487 e. The lowest BCUT2D eigenvalue weighted by atomic mass is 10.0. The molecule has 1 saturated carbocycles. The summed E-state index contributed by atoms with van der Waals surface area (Å²) in [6, 6.07) is 8.48. The van der Waals surface area contributed by atoms with Crippen molar-refractivity contribution in [1.82, 2.24) is 14.2 Å². The Kier molecular flexibility index (Phi) is 6.86. The predicted molar refractivity (Wildman–Crippen MR) is 124 cm³/mol. The van der Waals surface area contributed by atoms with Gasteiger partial charge in [-0.3, -0.25) is 4.98 Å². The zero-order valence-electron chi connectivity index (χ0n) is 19.0. The summed E-state index contributed by atoms with van der Waals surface area (Å²) in [5, 5.41) is 9.77. The Morgan fingerprint density at radius 2 is 2.03 bits per heavy atom. The Hall–Kier alpha value is -2.00. The summed E-state index contributed by atoms with van der Waals surface area (Å²) in [7, 11) is -1.73. The first-order valence-electron chi connectivity index (χ1n) is 11.3. The Balaban J connectivity index is 1.74. The van der Waals surface area contributed by atoms with Crippen LogP contribution in [0, 0.1) is 11.8 Å². The maximum atomic E-state index is 13.6. The van der Waals surface area contributed by atoms with Crippen LogP contribution in [0.15, 0.2) is 47.6 Å². The number of aromatic nitrogens is 1. The highest BCUT2D eigenvalue weighted by Crippen LogP contribution is 2.37. The molecule has 0 unspecified atom stereocenters. The number of hydrogen-bond acceptors (Lipinski definition) is 6. The highest BCUT2D eigenvalue weighted by atomic mass is 32.2. The van der Waals surface area contributed by atoms with Crippen LogP contribution >= 0.6 is 0 Å². The fourth-order valence-electron chi connectivity index (χ4n) is 4.28. The van der Waals surface area contributed by atoms with E-state index in [4.69, 9.17) is 4.74 Å². The smallest absolute Gasteiger partial charge is 0.247 e. The van der Waals surface area contributed by atoms with Gasteiger partial charge in [0, 0.05) is 49.6 Å². The zero-order valence-corrected chi connectivity index (χ0v) is 19.8. The van der Waals surface area contributed by atoms with Gasteiger partial charge in [0.25, 0.3) is 0 Å². The van der Waals surface area contributed by atoms with Crippen LogP contribution in [0.5, 0.6) is 5.75 Å². The summed E-state index contributed by atoms with van der Waals surface area (Å²) in [5.74, 6) is 1.08. The topological polar surface area (TPSA) is 83.0 Å². The molecular weight excluding hydrogens is 426 g/mol. The lowest BCUT2D eigenvalue weighted by Gasteiger charge is -2.37. The molecule has 1 fully saturated rings. The highest BCUT2D eigenvalue weighted by molar-refractivity contribution is 7.89. The Morgan fingerprint density at radius 3 is 2.69 bits per heavy atom. The van der Waals surface area contributed by atoms with E-state index in [1.54, 1.807) is 37.5 Å². The van der Waals surface area contributed by atoms with Gasteiger partial charge in [0.2, 0.25) is 10.0 Å². The van der Waals surface area contributed by atoms with E-state index in [-0.39, 0.29) is 23.5 Å². The molecule has 1 aliphatic carbocycles. The van der Waals surface area contributed by atoms with Gasteiger partial charge in [0.05, 0.1) is 6.61 Å². The molecule has 0 saturated heterocycles. The molecule has 8 heteroatoms. The molecule has 2 heterocycles. The standard InChI is InChI=1S/C24H33N3O4S/c1-17-13-27(18(2)16-28)32(29,30)24-9-8-20(21-5-4-10-25-12-21)11-22(24)31-23(17)15-26(3)14-19-6-7-19/h4-5,8-12,17-19,23,28H,6-7,13-16H2,1-3H3/t17-,18+,23-/m0/s1. The molecule has 0 amide bonds. The van der Waals surface area contributed by atoms with Crippen molar-refractivity contribution in [3.05, 3.63) is 42.7 Å². The average molecular weight is 460 g/mol. The number of aliphatic hydroxyl groups is 1. The van der Waals surface area contributed by atoms with Crippen molar-refractivity contribution in [2.75, 3.05) is 33.3 Å². The van der Waals surface area contributed by atoms with E-state index in [1.807, 2.05) is 19.1 Å². The lowest BCUT2D eigenvalue weighted by molar-refractivity contribution is 0.0741. The van der Waals surface area contributed by atoms with E-state index in [0.29, 0.717) is 12.3 Å². The van der Waals surface area contributed by atoms with Crippen molar-refractivity contribution in [3.8, 4) is 16.9 Å². The Labute approximate surface area is 191 Å². The van der Waals surface area contributed by atoms with Crippen LogP contribution in [0.1, 0.15) is 26.7 Å². The second-order valence-electron chi connectivity index (χ2n) is 9.31. The van der Waals surface area contributed by atoms with Crippen LogP contribution in [0.25, 0.3) is 11.1 Å². The van der Waals surface area contributed by atoms with Crippen LogP contribution in [0.2, 0.25) is 0 Å². The second kappa shape index (κ2) is 9.47. The second-order valence-corrected chi connectivity index (χ2v) is 11.2. The summed E-state index contributed by atoms with van der Waals surface area (Å²) < 4.78 is 35.0. The summed E-state index contributed by atoms with van der Waals surface area (Å²) in [5.41, 5.74) is 1.75. The molecule has 0 spiro atoms. The summed E-state index contributed by atoms with van der Waals surface area (Å²) >= 11 is 0. The summed E-state index contributed by atoms with van der Waals surface area (Å²) in [4.78, 5) is 6.62. The molecule has 2 aromatic rings. The van der Waals surface area contributed by atoms with Crippen LogP contribution < -0.4 is 4.74 Å². The number of aliphatic hydroxyl groups excluding tert-OH is 1. The molecule has 1 aromatic carbocycles. The number of nitrogens with zero attached hydrogens (tertiary/aromatic N) is 3. The SMILES string of the molecule is C[C@H](CO)N1C[C@H](C)[C@H](CN(C)CC2CC2)Oc2cc(-c3cccnc3)ccc2S1(=O)=O. The number of benzene rings is 1. The molecule has 0 radical (unpaired) electrons. The fourth-order valence-corrected chi connectivity index (χ4v) is 6.11. The van der Waals surface area contributed by atoms with Crippen LogP contribution in [0.4, 0.5) is 0 Å². The normalized spacial score (nSPS) is 24.3. The maximum Gasteiger partial charge on any atom is 0.247 e. The van der Waals surface area contributed by atoms with E-state index in [1.165, 1.54) is 17.1 Å². The number of pyridine rings is 1. The van der Waals surface area contributed by atoms with Gasteiger partial charge < -0.3 is 14.7 Å². The molecule has 1 N–H and O–H groups in total. The van der Waals surface area contributed by atoms with Crippen molar-refractivity contribution in [2.24, 2.45) is 11.8 Å². The van der Waals surface area contributed by atoms with Gasteiger partial charge in [-0.2, -0.15) is 4.31 Å². The monoisotopic (exact) mass is 459 g/mol. The number of hydrogen-bond donors (Lipinski definition) is 1. The predicted octanol–water partition coefficient (Wildman–Crippen LogP) is 2.86. The maximum absolute atomic E-state index is 13.6. The van der Waals surface area contributed by atoms with Gasteiger partial charge in [-0.1, -0.05) is 19.1 Å². The third kappa shape index (κ3) is 4.98. The van der Waals surface area contributed by atoms with Crippen molar-refractivity contribution in [3.63, 3.8) is 0 Å². The van der Waals surface area contributed by atoms with Gasteiger partial charge >= 0.3 is 0 Å². The van der Waals surface area contributed by atoms with Crippen molar-refractivity contribution < 1.29 is 18.3 Å². The molecule has 0 bridgehead atoms. The Morgan fingerprint density at radius 1 is 1.25 bits per heavy atom. The van der Waals surface area contributed by atoms with Crippen molar-refractivity contribution >= 4 is 10.0 Å². The minimum Gasteiger partial charge on any atom is -0.487 e. The summed E-state index contributed by atoms with van der Waals surface area (Å²) in [6.07, 6.45) is 5.85. The Bertz CT molecular complexity index is 1030. The fraction of sp³-hybridized carbons (Fsp3) is 0.542. The number of sulfonamides is 1. The molecule has 174 valence electrons. The van der Waals surface area contributed by atoms with Crippen molar-refractivity contribution in [1.29, 1.82) is 0 Å². The lowest BCUT2D eigenvalue weighted by Crippen LogP contribution is -2.49. The van der Waals surface area contributed by atoms with Crippen molar-refractivity contribution in [2.45, 2.75) is 43.7 Å². The third-order valence-electron chi connectivity index (χ3n) is 6.42. The summed E-state index contributed by atoms with van der Waals surface area (Å²) in [6.45, 7) is 5.58. The molecule has 1 aliphatic heterocycles. The highest BCUT2D eigenvalue weighted by Gasteiger charge is 2.38. The molecule has 1 aromatic heterocycles. The molecular formula is C24H33N3O4S. The number of fused-ring (bicyclic) bond motifs is 1. The van der Waals surface area contributed by atoms with E-state index >= 15 is 0 Å². The van der Waals surface area contributed by atoms with E-state index in [2.05, 4.69) is 16.9 Å². The van der Waals surface area contributed by atoms with Gasteiger partial charge in [-0.25, -0.2) is 8.42 Å². The van der Waals surface area contributed by atoms with Gasteiger partial charge in [-0.15, -0.1) is 0 Å². The zero-order chi connectivity index (χ0) is 22.9. The van der Waals surface area contributed by atoms with E-state index in [0.717, 1.165) is 30.1 Å². The average Bonchev–Trinajstić information content (AvgIpc) is 3.59. The third-order valence-corrected chi connectivity index (χ3v) is 8.44. The number of likely N-dealkylation sites (N-methyl/N-ethyl adjacent to an activating group) is 1. The first-order valence-corrected chi connectivity index (χ1v) is 12.8. The molecule has 7 nitrogen and oxygen atoms in total. The first-order chi connectivity index (χ1) is 15.3. The first kappa shape index (κ1) is 23.2. The van der Waals surface area contributed by atoms with E-state index < -0.39 is 16.1 Å². The van der Waals surface area contributed by atoms with Crippen LogP contribution in [-0.2, 0) is 10.0 Å². The quantitative estimate of drug-likeness (QED) is 0.686. The molecule has 4 rings (SSSR count). The van der Waals surface area contributed by atoms with Crippen LogP contribution in [0.3, 0.4) is 0 Å². The molecule has 2 aliphatic rings. The van der Waals surface area contributed by atoms with Gasteiger partial charge in [0.1, 0.15) is 16.7 Å². The molecule has 3 atom stereocenters. The van der Waals surface area contributed by atoms with E-state index in [9.17, 15) is 13.5 Å². The van der Waals surface area contributed by atoms with Crippen LogP contribution in [-0.4, -0.2) is 73.1 Å². The van der Waals surface area contributed by atoms with Gasteiger partial charge in [0.15, 0.2) is 0 Å². The minimum atomic E-state index is -3.83. The van der Waals surface area contributed by atoms with Gasteiger partial charge in [-0.05, 0) is 56.5 Å². The number of rotatable bonds is 7. The number of ether oxygens (including phenoxy) is 1.